The smallest absolute Gasteiger partial charge is 0.0909 e. The molecule has 0 aromatic rings. The molecular weight excluding hydrogens is 174 g/mol. The van der Waals surface area contributed by atoms with E-state index >= 15 is 0 Å². The quantitative estimate of drug-likeness (QED) is 0.562. The lowest BCUT2D eigenvalue weighted by Crippen LogP contribution is -2.45. The summed E-state index contributed by atoms with van der Waals surface area (Å²) in [6.07, 6.45) is 0. The van der Waals surface area contributed by atoms with Gasteiger partial charge in [-0.25, -0.2) is 0 Å². The molecule has 0 fully saturated rings. The molecule has 0 N–H and O–H groups in total. The van der Waals surface area contributed by atoms with Gasteiger partial charge >= 0.3 is 0 Å². The Bertz CT molecular complexity index is 135. The number of hydrogen-bond acceptors (Lipinski definition) is 1. The molecule has 0 rings (SSSR count). The monoisotopic (exact) mass is 203 g/mol. The van der Waals surface area contributed by atoms with Gasteiger partial charge in [-0.15, -0.1) is 0 Å². The highest BCUT2D eigenvalue weighted by Crippen LogP contribution is 1.94. The molecule has 0 aromatic heterocycles. The van der Waals surface area contributed by atoms with Crippen LogP contribution >= 0.6 is 0 Å². The summed E-state index contributed by atoms with van der Waals surface area (Å²) in [5.74, 6) is 0. The van der Waals surface area contributed by atoms with Crippen LogP contribution in [0.2, 0.25) is 0 Å². The average Bonchev–Trinajstić information content (AvgIpc) is 1.94. The predicted octanol–water partition coefficient (Wildman–Crippen LogP) is 0.331. The highest BCUT2D eigenvalue weighted by atomic mass is 15.3. The summed E-state index contributed by atoms with van der Waals surface area (Å²) in [4.78, 5) is 2.42. The predicted molar refractivity (Wildman–Crippen MR) is 63.3 cm³/mol. The summed E-state index contributed by atoms with van der Waals surface area (Å²) in [5, 5.41) is 0. The minimum absolute atomic E-state index is 1.05. The van der Waals surface area contributed by atoms with Crippen LogP contribution in [0.25, 0.3) is 0 Å². The summed E-state index contributed by atoms with van der Waals surface area (Å²) < 4.78 is 2.10. The van der Waals surface area contributed by atoms with Gasteiger partial charge in [0.25, 0.3) is 0 Å². The summed E-state index contributed by atoms with van der Waals surface area (Å²) in [7, 11) is 15.7. The number of quaternary nitrogens is 2. The van der Waals surface area contributed by atoms with Crippen LogP contribution in [-0.4, -0.2) is 89.4 Å². The standard InChI is InChI=1S/C11H29N3/c1-12(8-10-13(2,3)4)9-11-14(5,6)7/h8-11H2,1-7H3/q+2. The lowest BCUT2D eigenvalue weighted by molar-refractivity contribution is -0.872. The first-order valence-electron chi connectivity index (χ1n) is 5.40. The molecule has 0 aliphatic rings. The van der Waals surface area contributed by atoms with Crippen LogP contribution in [0.15, 0.2) is 0 Å². The molecule has 0 atom stereocenters. The molecule has 0 saturated heterocycles. The van der Waals surface area contributed by atoms with Crippen LogP contribution in [0.4, 0.5) is 0 Å². The van der Waals surface area contributed by atoms with E-state index in [9.17, 15) is 0 Å². The molecule has 0 aromatic carbocycles. The number of likely N-dealkylation sites (N-methyl/N-ethyl adjacent to an activating group) is 3. The van der Waals surface area contributed by atoms with Crippen LogP contribution in [0.3, 0.4) is 0 Å². The van der Waals surface area contributed by atoms with Crippen molar-refractivity contribution < 1.29 is 8.97 Å². The fraction of sp³-hybridized carbons (Fsp3) is 1.00. The van der Waals surface area contributed by atoms with Gasteiger partial charge in [-0.05, 0) is 7.05 Å². The second-order valence-corrected chi connectivity index (χ2v) is 6.33. The minimum Gasteiger partial charge on any atom is -0.330 e. The molecule has 3 nitrogen and oxygen atoms in total. The first-order valence-corrected chi connectivity index (χ1v) is 5.40. The third-order valence-corrected chi connectivity index (χ3v) is 2.31. The second kappa shape index (κ2) is 5.10. The van der Waals surface area contributed by atoms with E-state index in [1.54, 1.807) is 0 Å². The van der Waals surface area contributed by atoms with Gasteiger partial charge in [0, 0.05) is 13.1 Å². The van der Waals surface area contributed by atoms with Crippen molar-refractivity contribution in [2.24, 2.45) is 0 Å². The van der Waals surface area contributed by atoms with Gasteiger partial charge in [0.05, 0.1) is 55.4 Å². The van der Waals surface area contributed by atoms with Crippen LogP contribution in [0, 0.1) is 0 Å². The van der Waals surface area contributed by atoms with Crippen LogP contribution in [-0.2, 0) is 0 Å². The number of nitrogens with zero attached hydrogens (tertiary/aromatic N) is 3. The molecule has 0 amide bonds. The van der Waals surface area contributed by atoms with E-state index in [0.29, 0.717) is 0 Å². The number of rotatable bonds is 6. The first-order chi connectivity index (χ1) is 6.10. The molecule has 0 aliphatic heterocycles. The van der Waals surface area contributed by atoms with E-state index < -0.39 is 0 Å². The first kappa shape index (κ1) is 13.9. The van der Waals surface area contributed by atoms with Crippen LogP contribution in [0.5, 0.6) is 0 Å². The molecule has 0 spiro atoms. The molecule has 14 heavy (non-hydrogen) atoms. The van der Waals surface area contributed by atoms with E-state index in [1.807, 2.05) is 0 Å². The normalized spacial score (nSPS) is 13.7. The molecule has 0 radical (unpaired) electrons. The number of hydrogen-bond donors (Lipinski definition) is 0. The summed E-state index contributed by atoms with van der Waals surface area (Å²) >= 11 is 0. The van der Waals surface area contributed by atoms with Gasteiger partial charge in [-0.1, -0.05) is 0 Å². The Balaban J connectivity index is 3.62. The van der Waals surface area contributed by atoms with Crippen molar-refractivity contribution in [3.63, 3.8) is 0 Å². The van der Waals surface area contributed by atoms with Crippen molar-refractivity contribution in [1.82, 2.24) is 4.90 Å². The van der Waals surface area contributed by atoms with Crippen molar-refractivity contribution in [3.8, 4) is 0 Å². The molecular formula is C11H29N3+2. The van der Waals surface area contributed by atoms with Gasteiger partial charge in [0.2, 0.25) is 0 Å². The Morgan fingerprint density at radius 1 is 0.714 bits per heavy atom. The zero-order valence-corrected chi connectivity index (χ0v) is 11.2. The minimum atomic E-state index is 1.05. The third kappa shape index (κ3) is 9.96. The topological polar surface area (TPSA) is 3.24 Å². The van der Waals surface area contributed by atoms with Crippen molar-refractivity contribution >= 4 is 0 Å². The Morgan fingerprint density at radius 3 is 1.21 bits per heavy atom. The Labute approximate surface area is 90.1 Å². The Kier molecular flexibility index (Phi) is 5.06. The summed E-state index contributed by atoms with van der Waals surface area (Å²) in [5.41, 5.74) is 0. The zero-order valence-electron chi connectivity index (χ0n) is 11.2. The van der Waals surface area contributed by atoms with Gasteiger partial charge < -0.3 is 8.97 Å². The molecule has 0 bridgehead atoms. The molecule has 0 saturated carbocycles. The molecule has 86 valence electrons. The van der Waals surface area contributed by atoms with E-state index in [4.69, 9.17) is 0 Å². The summed E-state index contributed by atoms with van der Waals surface area (Å²) in [6.45, 7) is 4.80. The Hall–Kier alpha value is -0.120. The highest BCUT2D eigenvalue weighted by molar-refractivity contribution is 4.49. The fourth-order valence-corrected chi connectivity index (χ4v) is 1.05. The third-order valence-electron chi connectivity index (χ3n) is 2.31. The molecule has 3 heteroatoms. The average molecular weight is 203 g/mol. The fourth-order valence-electron chi connectivity index (χ4n) is 1.05. The van der Waals surface area contributed by atoms with Gasteiger partial charge in [0.1, 0.15) is 0 Å². The SMILES string of the molecule is CN(CC[N+](C)(C)C)CC[N+](C)(C)C. The largest absolute Gasteiger partial charge is 0.330 e. The van der Waals surface area contributed by atoms with Crippen molar-refractivity contribution in [1.29, 1.82) is 0 Å². The van der Waals surface area contributed by atoms with Gasteiger partial charge in [0.15, 0.2) is 0 Å². The van der Waals surface area contributed by atoms with Gasteiger partial charge in [-0.2, -0.15) is 0 Å². The maximum Gasteiger partial charge on any atom is 0.0909 e. The van der Waals surface area contributed by atoms with E-state index in [-0.39, 0.29) is 0 Å². The van der Waals surface area contributed by atoms with E-state index in [1.165, 1.54) is 26.2 Å². The maximum absolute atomic E-state index is 2.42. The molecule has 0 unspecified atom stereocenters. The summed E-state index contributed by atoms with van der Waals surface area (Å²) in [6, 6.07) is 0. The lowest BCUT2D eigenvalue weighted by atomic mass is 10.4. The van der Waals surface area contributed by atoms with Crippen molar-refractivity contribution in [3.05, 3.63) is 0 Å². The second-order valence-electron chi connectivity index (χ2n) is 6.33. The lowest BCUT2D eigenvalue weighted by Gasteiger charge is -2.29. The van der Waals surface area contributed by atoms with E-state index in [0.717, 1.165) is 8.97 Å². The molecule has 0 aliphatic carbocycles. The van der Waals surface area contributed by atoms with Crippen molar-refractivity contribution in [2.75, 3.05) is 75.5 Å². The maximum atomic E-state index is 2.42. The van der Waals surface area contributed by atoms with Crippen LogP contribution in [0.1, 0.15) is 0 Å². The molecule has 0 heterocycles. The zero-order chi connectivity index (χ0) is 11.4. The highest BCUT2D eigenvalue weighted by Gasteiger charge is 2.12. The van der Waals surface area contributed by atoms with Crippen LogP contribution < -0.4 is 0 Å². The van der Waals surface area contributed by atoms with Crippen molar-refractivity contribution in [2.45, 2.75) is 0 Å². The van der Waals surface area contributed by atoms with Gasteiger partial charge in [-0.3, -0.25) is 4.90 Å². The Morgan fingerprint density at radius 2 is 1.00 bits per heavy atom. The van der Waals surface area contributed by atoms with E-state index in [2.05, 4.69) is 54.2 Å².